The highest BCUT2D eigenvalue weighted by atomic mass is 32.2. The molecule has 1 amide bonds. The van der Waals surface area contributed by atoms with E-state index in [4.69, 9.17) is 5.11 Å². The molecule has 7 nitrogen and oxygen atoms in total. The van der Waals surface area contributed by atoms with Crippen molar-refractivity contribution >= 4 is 21.9 Å². The Hall–Kier alpha value is -1.15. The molecule has 0 aliphatic carbocycles. The highest BCUT2D eigenvalue weighted by Crippen LogP contribution is 1.95. The first-order chi connectivity index (χ1) is 8.76. The SMILES string of the molecule is CCC(C)NC(=O)CCNS(=O)(=O)CCCC(=O)O. The van der Waals surface area contributed by atoms with Gasteiger partial charge < -0.3 is 10.4 Å². The van der Waals surface area contributed by atoms with Crippen LogP contribution in [0.5, 0.6) is 0 Å². The average molecular weight is 294 g/mol. The summed E-state index contributed by atoms with van der Waals surface area (Å²) in [4.78, 5) is 21.6. The van der Waals surface area contributed by atoms with Gasteiger partial charge in [-0.15, -0.1) is 0 Å². The topological polar surface area (TPSA) is 113 Å². The van der Waals surface area contributed by atoms with Crippen LogP contribution in [0.4, 0.5) is 0 Å². The summed E-state index contributed by atoms with van der Waals surface area (Å²) < 4.78 is 25.1. The maximum absolute atomic E-state index is 11.4. The Morgan fingerprint density at radius 3 is 2.42 bits per heavy atom. The van der Waals surface area contributed by atoms with Crippen molar-refractivity contribution in [2.24, 2.45) is 0 Å². The van der Waals surface area contributed by atoms with Gasteiger partial charge in [0.1, 0.15) is 0 Å². The summed E-state index contributed by atoms with van der Waals surface area (Å²) in [5.41, 5.74) is 0. The van der Waals surface area contributed by atoms with E-state index < -0.39 is 16.0 Å². The number of hydrogen-bond donors (Lipinski definition) is 3. The Balaban J connectivity index is 3.86. The van der Waals surface area contributed by atoms with E-state index in [1.807, 2.05) is 13.8 Å². The van der Waals surface area contributed by atoms with Gasteiger partial charge in [-0.05, 0) is 19.8 Å². The first kappa shape index (κ1) is 17.8. The van der Waals surface area contributed by atoms with Crippen molar-refractivity contribution in [1.82, 2.24) is 10.0 Å². The Labute approximate surface area is 113 Å². The fourth-order valence-electron chi connectivity index (χ4n) is 1.25. The number of hydrogen-bond acceptors (Lipinski definition) is 4. The van der Waals surface area contributed by atoms with Gasteiger partial charge in [-0.25, -0.2) is 13.1 Å². The smallest absolute Gasteiger partial charge is 0.303 e. The van der Waals surface area contributed by atoms with Crippen molar-refractivity contribution in [3.63, 3.8) is 0 Å². The predicted molar refractivity (Wildman–Crippen MR) is 71.2 cm³/mol. The van der Waals surface area contributed by atoms with E-state index in [1.165, 1.54) is 0 Å². The number of carboxylic acid groups (broad SMARTS) is 1. The third-order valence-corrected chi connectivity index (χ3v) is 3.97. The fourth-order valence-corrected chi connectivity index (χ4v) is 2.34. The molecule has 112 valence electrons. The standard InChI is InChI=1S/C11H22N2O5S/c1-3-9(2)13-10(14)6-7-12-19(17,18)8-4-5-11(15)16/h9,12H,3-8H2,1-2H3,(H,13,14)(H,15,16). The molecule has 19 heavy (non-hydrogen) atoms. The second-order valence-corrected chi connectivity index (χ2v) is 6.26. The maximum Gasteiger partial charge on any atom is 0.303 e. The quantitative estimate of drug-likeness (QED) is 0.528. The fraction of sp³-hybridized carbons (Fsp3) is 0.818. The molecular weight excluding hydrogens is 272 g/mol. The molecule has 0 aromatic rings. The van der Waals surface area contributed by atoms with Gasteiger partial charge in [-0.3, -0.25) is 9.59 Å². The molecule has 1 unspecified atom stereocenters. The Morgan fingerprint density at radius 2 is 1.89 bits per heavy atom. The van der Waals surface area contributed by atoms with Gasteiger partial charge in [0.15, 0.2) is 0 Å². The first-order valence-electron chi connectivity index (χ1n) is 6.25. The Kier molecular flexibility index (Phi) is 8.33. The number of sulfonamides is 1. The molecule has 0 aliphatic heterocycles. The molecule has 0 radical (unpaired) electrons. The van der Waals surface area contributed by atoms with Gasteiger partial charge in [-0.1, -0.05) is 6.92 Å². The molecule has 0 aromatic carbocycles. The zero-order valence-corrected chi connectivity index (χ0v) is 12.1. The van der Waals surface area contributed by atoms with Crippen molar-refractivity contribution in [3.05, 3.63) is 0 Å². The second-order valence-electron chi connectivity index (χ2n) is 4.34. The molecule has 0 bridgehead atoms. The minimum absolute atomic E-state index is 0.0255. The molecule has 0 saturated carbocycles. The van der Waals surface area contributed by atoms with Crippen LogP contribution in [0, 0.1) is 0 Å². The van der Waals surface area contributed by atoms with Crippen LogP contribution in [-0.2, 0) is 19.6 Å². The Bertz CT molecular complexity index is 394. The van der Waals surface area contributed by atoms with E-state index in [1.54, 1.807) is 0 Å². The lowest BCUT2D eigenvalue weighted by Gasteiger charge is -2.11. The van der Waals surface area contributed by atoms with E-state index in [-0.39, 0.29) is 43.5 Å². The zero-order chi connectivity index (χ0) is 14.9. The van der Waals surface area contributed by atoms with Crippen LogP contribution in [0.1, 0.15) is 39.5 Å². The van der Waals surface area contributed by atoms with Gasteiger partial charge in [-0.2, -0.15) is 0 Å². The second kappa shape index (κ2) is 8.87. The molecule has 3 N–H and O–H groups in total. The van der Waals surface area contributed by atoms with Crippen molar-refractivity contribution in [3.8, 4) is 0 Å². The Morgan fingerprint density at radius 1 is 1.26 bits per heavy atom. The molecule has 0 fully saturated rings. The number of rotatable bonds is 10. The number of carbonyl (C=O) groups excluding carboxylic acids is 1. The third kappa shape index (κ3) is 10.5. The highest BCUT2D eigenvalue weighted by Gasteiger charge is 2.12. The molecule has 0 aliphatic rings. The normalized spacial score (nSPS) is 12.9. The van der Waals surface area contributed by atoms with E-state index in [0.29, 0.717) is 0 Å². The summed E-state index contributed by atoms with van der Waals surface area (Å²) in [6, 6.07) is 0.0691. The maximum atomic E-state index is 11.4. The first-order valence-corrected chi connectivity index (χ1v) is 7.90. The number of amides is 1. The molecule has 8 heteroatoms. The van der Waals surface area contributed by atoms with Crippen LogP contribution in [0.25, 0.3) is 0 Å². The molecule has 0 spiro atoms. The lowest BCUT2D eigenvalue weighted by atomic mass is 10.2. The molecule has 0 aromatic heterocycles. The van der Waals surface area contributed by atoms with Crippen LogP contribution >= 0.6 is 0 Å². The van der Waals surface area contributed by atoms with Crippen molar-refractivity contribution in [1.29, 1.82) is 0 Å². The summed E-state index contributed by atoms with van der Waals surface area (Å²) >= 11 is 0. The molecule has 0 saturated heterocycles. The summed E-state index contributed by atoms with van der Waals surface area (Å²) in [6.45, 7) is 3.84. The highest BCUT2D eigenvalue weighted by molar-refractivity contribution is 7.89. The van der Waals surface area contributed by atoms with Crippen molar-refractivity contribution in [2.45, 2.75) is 45.6 Å². The van der Waals surface area contributed by atoms with E-state index in [0.717, 1.165) is 6.42 Å². The number of aliphatic carboxylic acids is 1. The van der Waals surface area contributed by atoms with E-state index in [9.17, 15) is 18.0 Å². The molecule has 0 rings (SSSR count). The van der Waals surface area contributed by atoms with Gasteiger partial charge in [0.05, 0.1) is 5.75 Å². The lowest BCUT2D eigenvalue weighted by molar-refractivity contribution is -0.137. The monoisotopic (exact) mass is 294 g/mol. The lowest BCUT2D eigenvalue weighted by Crippen LogP contribution is -2.35. The van der Waals surface area contributed by atoms with Gasteiger partial charge in [0, 0.05) is 25.4 Å². The van der Waals surface area contributed by atoms with Crippen molar-refractivity contribution < 1.29 is 23.1 Å². The van der Waals surface area contributed by atoms with Crippen LogP contribution < -0.4 is 10.0 Å². The van der Waals surface area contributed by atoms with Crippen LogP contribution in [-0.4, -0.2) is 43.7 Å². The summed E-state index contributed by atoms with van der Waals surface area (Å²) in [6.07, 6.45) is 0.758. The van der Waals surface area contributed by atoms with Gasteiger partial charge in [0.25, 0.3) is 0 Å². The minimum atomic E-state index is -3.50. The number of nitrogens with one attached hydrogen (secondary N) is 2. The van der Waals surface area contributed by atoms with Crippen LogP contribution in [0.15, 0.2) is 0 Å². The largest absolute Gasteiger partial charge is 0.481 e. The van der Waals surface area contributed by atoms with Crippen LogP contribution in [0.2, 0.25) is 0 Å². The summed E-state index contributed by atoms with van der Waals surface area (Å²) in [5.74, 6) is -1.47. The van der Waals surface area contributed by atoms with E-state index in [2.05, 4.69) is 10.0 Å². The van der Waals surface area contributed by atoms with Gasteiger partial charge >= 0.3 is 5.97 Å². The molecule has 1 atom stereocenters. The number of carboxylic acids is 1. The van der Waals surface area contributed by atoms with Crippen LogP contribution in [0.3, 0.4) is 0 Å². The summed E-state index contributed by atoms with van der Waals surface area (Å²) in [7, 11) is -3.50. The zero-order valence-electron chi connectivity index (χ0n) is 11.3. The molecule has 0 heterocycles. The van der Waals surface area contributed by atoms with Crippen molar-refractivity contribution in [2.75, 3.05) is 12.3 Å². The molecular formula is C11H22N2O5S. The number of carbonyl (C=O) groups is 2. The van der Waals surface area contributed by atoms with E-state index >= 15 is 0 Å². The minimum Gasteiger partial charge on any atom is -0.481 e. The van der Waals surface area contributed by atoms with Gasteiger partial charge in [0.2, 0.25) is 15.9 Å². The summed E-state index contributed by atoms with van der Waals surface area (Å²) in [5, 5.41) is 11.1. The predicted octanol–water partition coefficient (Wildman–Crippen LogP) is 0.0754. The third-order valence-electron chi connectivity index (χ3n) is 2.50. The average Bonchev–Trinajstić information content (AvgIpc) is 2.27.